The molecule has 0 amide bonds. The second-order valence-corrected chi connectivity index (χ2v) is 4.34. The number of unbranched alkanes of at least 4 members (excludes halogenated alkanes) is 1. The van der Waals surface area contributed by atoms with E-state index in [2.05, 4.69) is 11.9 Å². The topological polar surface area (TPSA) is 65.3 Å². The molecule has 5 nitrogen and oxygen atoms in total. The SMILES string of the molecule is CCCCOCc1cc2c([N+](=O)[O-])cccc2cn1. The maximum absolute atomic E-state index is 11.0. The molecule has 0 spiro atoms. The van der Waals surface area contributed by atoms with Gasteiger partial charge in [-0.1, -0.05) is 25.5 Å². The Morgan fingerprint density at radius 3 is 3.00 bits per heavy atom. The van der Waals surface area contributed by atoms with Crippen LogP contribution in [-0.4, -0.2) is 16.5 Å². The van der Waals surface area contributed by atoms with Crippen LogP contribution in [-0.2, 0) is 11.3 Å². The molecule has 0 radical (unpaired) electrons. The lowest BCUT2D eigenvalue weighted by Gasteiger charge is -2.05. The Balaban J connectivity index is 2.23. The van der Waals surface area contributed by atoms with E-state index in [4.69, 9.17) is 4.74 Å². The fourth-order valence-electron chi connectivity index (χ4n) is 1.86. The molecule has 0 aliphatic carbocycles. The van der Waals surface area contributed by atoms with Gasteiger partial charge in [0.25, 0.3) is 5.69 Å². The zero-order valence-electron chi connectivity index (χ0n) is 10.8. The highest BCUT2D eigenvalue weighted by Crippen LogP contribution is 2.25. The number of nitrogens with zero attached hydrogens (tertiary/aromatic N) is 2. The molecule has 0 aliphatic heterocycles. The highest BCUT2D eigenvalue weighted by atomic mass is 16.6. The third-order valence-electron chi connectivity index (χ3n) is 2.89. The zero-order valence-corrected chi connectivity index (χ0v) is 10.8. The average molecular weight is 260 g/mol. The maximum atomic E-state index is 11.0. The Hall–Kier alpha value is -2.01. The van der Waals surface area contributed by atoms with Crippen molar-refractivity contribution in [2.24, 2.45) is 0 Å². The van der Waals surface area contributed by atoms with Gasteiger partial charge in [0.2, 0.25) is 0 Å². The Morgan fingerprint density at radius 2 is 2.26 bits per heavy atom. The van der Waals surface area contributed by atoms with Gasteiger partial charge in [-0.15, -0.1) is 0 Å². The van der Waals surface area contributed by atoms with Crippen molar-refractivity contribution in [3.63, 3.8) is 0 Å². The number of nitro groups is 1. The van der Waals surface area contributed by atoms with E-state index in [9.17, 15) is 10.1 Å². The van der Waals surface area contributed by atoms with Gasteiger partial charge in [0.1, 0.15) is 0 Å². The van der Waals surface area contributed by atoms with Crippen LogP contribution >= 0.6 is 0 Å². The van der Waals surface area contributed by atoms with Crippen molar-refractivity contribution >= 4 is 16.5 Å². The minimum atomic E-state index is -0.371. The normalized spacial score (nSPS) is 10.8. The molecule has 19 heavy (non-hydrogen) atoms. The lowest BCUT2D eigenvalue weighted by molar-refractivity contribution is -0.383. The zero-order chi connectivity index (χ0) is 13.7. The number of fused-ring (bicyclic) bond motifs is 1. The van der Waals surface area contributed by atoms with Crippen LogP contribution in [0.5, 0.6) is 0 Å². The molecule has 0 atom stereocenters. The highest BCUT2D eigenvalue weighted by molar-refractivity contribution is 5.90. The fraction of sp³-hybridized carbons (Fsp3) is 0.357. The fourth-order valence-corrected chi connectivity index (χ4v) is 1.86. The van der Waals surface area contributed by atoms with Crippen LogP contribution < -0.4 is 0 Å². The van der Waals surface area contributed by atoms with Crippen molar-refractivity contribution in [2.45, 2.75) is 26.4 Å². The molecule has 0 aliphatic rings. The van der Waals surface area contributed by atoms with Gasteiger partial charge in [-0.25, -0.2) is 0 Å². The van der Waals surface area contributed by atoms with Crippen molar-refractivity contribution in [3.05, 3.63) is 46.3 Å². The van der Waals surface area contributed by atoms with Gasteiger partial charge in [0, 0.05) is 24.3 Å². The Bertz CT molecular complexity index is 584. The predicted octanol–water partition coefficient (Wildman–Crippen LogP) is 3.46. The number of ether oxygens (including phenoxy) is 1. The van der Waals surface area contributed by atoms with Gasteiger partial charge in [-0.2, -0.15) is 0 Å². The molecule has 0 fully saturated rings. The molecule has 0 saturated heterocycles. The van der Waals surface area contributed by atoms with Crippen molar-refractivity contribution < 1.29 is 9.66 Å². The summed E-state index contributed by atoms with van der Waals surface area (Å²) in [4.78, 5) is 14.9. The Morgan fingerprint density at radius 1 is 1.42 bits per heavy atom. The van der Waals surface area contributed by atoms with Gasteiger partial charge < -0.3 is 4.74 Å². The molecule has 2 aromatic rings. The predicted molar refractivity (Wildman–Crippen MR) is 73.0 cm³/mol. The summed E-state index contributed by atoms with van der Waals surface area (Å²) in [6, 6.07) is 6.72. The molecule has 0 unspecified atom stereocenters. The van der Waals surface area contributed by atoms with Crippen LogP contribution in [0.15, 0.2) is 30.5 Å². The number of hydrogen-bond donors (Lipinski definition) is 0. The van der Waals surface area contributed by atoms with Crippen LogP contribution in [0.25, 0.3) is 10.8 Å². The molecule has 0 N–H and O–H groups in total. The highest BCUT2D eigenvalue weighted by Gasteiger charge is 2.11. The van der Waals surface area contributed by atoms with Crippen molar-refractivity contribution in [2.75, 3.05) is 6.61 Å². The quantitative estimate of drug-likeness (QED) is 0.453. The first-order valence-corrected chi connectivity index (χ1v) is 6.32. The second-order valence-electron chi connectivity index (χ2n) is 4.34. The first-order chi connectivity index (χ1) is 9.22. The van der Waals surface area contributed by atoms with E-state index in [1.54, 1.807) is 18.3 Å². The smallest absolute Gasteiger partial charge is 0.277 e. The summed E-state index contributed by atoms with van der Waals surface area (Å²) < 4.78 is 5.48. The summed E-state index contributed by atoms with van der Waals surface area (Å²) >= 11 is 0. The molecule has 1 heterocycles. The number of non-ortho nitro benzene ring substituents is 1. The molecule has 0 bridgehead atoms. The van der Waals surface area contributed by atoms with E-state index in [-0.39, 0.29) is 10.6 Å². The first kappa shape index (κ1) is 13.4. The molecular weight excluding hydrogens is 244 g/mol. The summed E-state index contributed by atoms with van der Waals surface area (Å²) in [5.41, 5.74) is 0.826. The number of pyridine rings is 1. The minimum absolute atomic E-state index is 0.106. The minimum Gasteiger partial charge on any atom is -0.375 e. The van der Waals surface area contributed by atoms with E-state index in [1.165, 1.54) is 6.07 Å². The summed E-state index contributed by atoms with van der Waals surface area (Å²) in [5, 5.41) is 12.4. The molecular formula is C14H16N2O3. The standard InChI is InChI=1S/C14H16N2O3/c1-2-3-7-19-10-12-8-13-11(9-15-12)5-4-6-14(13)16(17)18/h4-6,8-9H,2-3,7,10H2,1H3. The Kier molecular flexibility index (Phi) is 4.41. The van der Waals surface area contributed by atoms with Crippen LogP contribution in [0.4, 0.5) is 5.69 Å². The number of aromatic nitrogens is 1. The van der Waals surface area contributed by atoms with Gasteiger partial charge in [-0.05, 0) is 12.5 Å². The first-order valence-electron chi connectivity index (χ1n) is 6.32. The number of hydrogen-bond acceptors (Lipinski definition) is 4. The summed E-state index contributed by atoms with van der Waals surface area (Å²) in [5.74, 6) is 0. The van der Waals surface area contributed by atoms with E-state index in [1.807, 2.05) is 6.07 Å². The average Bonchev–Trinajstić information content (AvgIpc) is 2.42. The van der Waals surface area contributed by atoms with Gasteiger partial charge >= 0.3 is 0 Å². The molecule has 1 aromatic carbocycles. The van der Waals surface area contributed by atoms with Crippen LogP contribution in [0, 0.1) is 10.1 Å². The number of rotatable bonds is 6. The van der Waals surface area contributed by atoms with Gasteiger partial charge in [0.05, 0.1) is 22.6 Å². The van der Waals surface area contributed by atoms with E-state index < -0.39 is 0 Å². The third-order valence-corrected chi connectivity index (χ3v) is 2.89. The van der Waals surface area contributed by atoms with E-state index in [0.29, 0.717) is 18.6 Å². The van der Waals surface area contributed by atoms with Crippen LogP contribution in [0.1, 0.15) is 25.5 Å². The van der Waals surface area contributed by atoms with E-state index >= 15 is 0 Å². The number of benzene rings is 1. The summed E-state index contributed by atoms with van der Waals surface area (Å²) in [7, 11) is 0. The van der Waals surface area contributed by atoms with Crippen LogP contribution in [0.3, 0.4) is 0 Å². The van der Waals surface area contributed by atoms with Gasteiger partial charge in [-0.3, -0.25) is 15.1 Å². The largest absolute Gasteiger partial charge is 0.375 e. The Labute approximate surface area is 111 Å². The third kappa shape index (κ3) is 3.26. The summed E-state index contributed by atoms with van der Waals surface area (Å²) in [6.07, 6.45) is 3.74. The summed E-state index contributed by atoms with van der Waals surface area (Å²) in [6.45, 7) is 3.18. The molecule has 0 saturated carbocycles. The molecule has 1 aromatic heterocycles. The lowest BCUT2D eigenvalue weighted by Crippen LogP contribution is -1.98. The molecule has 100 valence electrons. The van der Waals surface area contributed by atoms with Crippen molar-refractivity contribution in [3.8, 4) is 0 Å². The van der Waals surface area contributed by atoms with E-state index in [0.717, 1.165) is 23.9 Å². The molecule has 2 rings (SSSR count). The number of nitro benzene ring substituents is 1. The second kappa shape index (κ2) is 6.24. The lowest BCUT2D eigenvalue weighted by atomic mass is 10.1. The van der Waals surface area contributed by atoms with Crippen molar-refractivity contribution in [1.29, 1.82) is 0 Å². The van der Waals surface area contributed by atoms with Crippen molar-refractivity contribution in [1.82, 2.24) is 4.98 Å². The van der Waals surface area contributed by atoms with Crippen LogP contribution in [0.2, 0.25) is 0 Å². The maximum Gasteiger partial charge on any atom is 0.277 e. The van der Waals surface area contributed by atoms with Gasteiger partial charge in [0.15, 0.2) is 0 Å². The molecule has 5 heteroatoms. The monoisotopic (exact) mass is 260 g/mol.